The van der Waals surface area contributed by atoms with Crippen LogP contribution in [0.25, 0.3) is 38.8 Å². The zero-order chi connectivity index (χ0) is 19.1. The van der Waals surface area contributed by atoms with Crippen LogP contribution in [-0.2, 0) is 0 Å². The van der Waals surface area contributed by atoms with Crippen LogP contribution in [-0.4, -0.2) is 21.9 Å². The lowest BCUT2D eigenvalue weighted by atomic mass is 10.1. The average molecular weight is 386 g/mol. The number of methoxy groups -OCH3 is 1. The minimum absolute atomic E-state index is 0.698. The molecule has 0 saturated carbocycles. The molecule has 28 heavy (non-hydrogen) atoms. The number of hydrogen-bond acceptors (Lipinski definition) is 3. The van der Waals surface area contributed by atoms with Crippen molar-refractivity contribution in [2.24, 2.45) is 0 Å². The minimum Gasteiger partial charge on any atom is -0.497 e. The highest BCUT2D eigenvalue weighted by Gasteiger charge is 2.17. The summed E-state index contributed by atoms with van der Waals surface area (Å²) in [5.74, 6) is 0.788. The molecule has 0 aliphatic carbocycles. The molecule has 0 unspecified atom stereocenters. The average Bonchev–Trinajstić information content (AvgIpc) is 3.15. The lowest BCUT2D eigenvalue weighted by Crippen LogP contribution is -1.97. The van der Waals surface area contributed by atoms with Crippen LogP contribution < -0.4 is 4.74 Å². The Morgan fingerprint density at radius 3 is 2.43 bits per heavy atom. The van der Waals surface area contributed by atoms with Gasteiger partial charge < -0.3 is 4.74 Å². The van der Waals surface area contributed by atoms with Crippen molar-refractivity contribution in [2.45, 2.75) is 0 Å². The quantitative estimate of drug-likeness (QED) is 0.388. The van der Waals surface area contributed by atoms with E-state index in [1.165, 1.54) is 0 Å². The number of pyridine rings is 1. The third-order valence-corrected chi connectivity index (χ3v) is 5.08. The van der Waals surface area contributed by atoms with E-state index in [4.69, 9.17) is 21.4 Å². The van der Waals surface area contributed by atoms with Crippen molar-refractivity contribution >= 4 is 33.4 Å². The molecule has 0 saturated heterocycles. The van der Waals surface area contributed by atoms with Gasteiger partial charge in [-0.15, -0.1) is 0 Å². The molecule has 0 atom stereocenters. The van der Waals surface area contributed by atoms with Crippen LogP contribution in [0.5, 0.6) is 5.75 Å². The Morgan fingerprint density at radius 2 is 1.68 bits per heavy atom. The topological polar surface area (TPSA) is 39.9 Å². The minimum atomic E-state index is 0.698. The van der Waals surface area contributed by atoms with Gasteiger partial charge in [-0.1, -0.05) is 41.9 Å². The molecule has 136 valence electrons. The van der Waals surface area contributed by atoms with E-state index in [0.717, 1.165) is 44.5 Å². The number of benzene rings is 3. The Kier molecular flexibility index (Phi) is 3.99. The van der Waals surface area contributed by atoms with Crippen molar-refractivity contribution < 1.29 is 4.74 Å². The molecular formula is C23H16ClN3O. The first-order chi connectivity index (χ1) is 13.7. The SMILES string of the molecule is COc1ccc2ncc3c(-c4ccc(Cl)cc4)nn(-c4ccccc4)c3c2c1. The molecule has 4 nitrogen and oxygen atoms in total. The first-order valence-electron chi connectivity index (χ1n) is 8.91. The first-order valence-corrected chi connectivity index (χ1v) is 9.29. The largest absolute Gasteiger partial charge is 0.497 e. The number of rotatable bonds is 3. The molecule has 0 N–H and O–H groups in total. The van der Waals surface area contributed by atoms with Crippen LogP contribution in [0.2, 0.25) is 5.02 Å². The molecule has 0 aliphatic heterocycles. The molecule has 0 aliphatic rings. The summed E-state index contributed by atoms with van der Waals surface area (Å²) in [7, 11) is 1.67. The third-order valence-electron chi connectivity index (χ3n) is 4.83. The molecule has 3 aromatic carbocycles. The zero-order valence-corrected chi connectivity index (χ0v) is 15.9. The predicted octanol–water partition coefficient (Wildman–Crippen LogP) is 5.90. The molecule has 5 aromatic rings. The molecule has 5 rings (SSSR count). The molecule has 2 heterocycles. The predicted molar refractivity (Wildman–Crippen MR) is 113 cm³/mol. The standard InChI is InChI=1S/C23H16ClN3O/c1-28-18-11-12-21-19(13-18)23-20(14-25-21)22(15-7-9-16(24)10-8-15)26-27(23)17-5-3-2-4-6-17/h2-14H,1H3. The fourth-order valence-electron chi connectivity index (χ4n) is 3.47. The van der Waals surface area contributed by atoms with Crippen LogP contribution in [0.1, 0.15) is 0 Å². The first kappa shape index (κ1) is 16.8. The number of aromatic nitrogens is 3. The van der Waals surface area contributed by atoms with Gasteiger partial charge in [0.25, 0.3) is 0 Å². The highest BCUT2D eigenvalue weighted by atomic mass is 35.5. The van der Waals surface area contributed by atoms with Crippen LogP contribution in [0, 0.1) is 0 Å². The van der Waals surface area contributed by atoms with Gasteiger partial charge in [0.2, 0.25) is 0 Å². The second-order valence-corrected chi connectivity index (χ2v) is 6.94. The third kappa shape index (κ3) is 2.70. The van der Waals surface area contributed by atoms with E-state index >= 15 is 0 Å². The Balaban J connectivity index is 1.90. The maximum absolute atomic E-state index is 6.08. The van der Waals surface area contributed by atoms with Crippen LogP contribution in [0.4, 0.5) is 0 Å². The normalized spacial score (nSPS) is 11.2. The highest BCUT2D eigenvalue weighted by Crippen LogP contribution is 2.35. The molecular weight excluding hydrogens is 370 g/mol. The van der Waals surface area contributed by atoms with Gasteiger partial charge in [0, 0.05) is 27.6 Å². The second kappa shape index (κ2) is 6.66. The maximum atomic E-state index is 6.08. The Labute approximate surface area is 167 Å². The summed E-state index contributed by atoms with van der Waals surface area (Å²) in [6.07, 6.45) is 1.89. The van der Waals surface area contributed by atoms with Crippen molar-refractivity contribution in [2.75, 3.05) is 7.11 Å². The summed E-state index contributed by atoms with van der Waals surface area (Å²) in [5, 5.41) is 7.63. The summed E-state index contributed by atoms with van der Waals surface area (Å²) in [6.45, 7) is 0. The molecule has 0 fully saturated rings. The van der Waals surface area contributed by atoms with Crippen LogP contribution in [0.15, 0.2) is 79.0 Å². The zero-order valence-electron chi connectivity index (χ0n) is 15.1. The van der Waals surface area contributed by atoms with Crippen LogP contribution >= 0.6 is 11.6 Å². The number of halogens is 1. The number of hydrogen-bond donors (Lipinski definition) is 0. The smallest absolute Gasteiger partial charge is 0.119 e. The summed E-state index contributed by atoms with van der Waals surface area (Å²) < 4.78 is 7.42. The summed E-state index contributed by atoms with van der Waals surface area (Å²) in [6, 6.07) is 23.7. The Bertz CT molecular complexity index is 1290. The molecule has 2 aromatic heterocycles. The van der Waals surface area contributed by atoms with E-state index < -0.39 is 0 Å². The number of fused-ring (bicyclic) bond motifs is 3. The molecule has 5 heteroatoms. The fraction of sp³-hybridized carbons (Fsp3) is 0.0435. The van der Waals surface area contributed by atoms with Crippen molar-refractivity contribution in [3.8, 4) is 22.7 Å². The Hall–Kier alpha value is -3.37. The van der Waals surface area contributed by atoms with Crippen LogP contribution in [0.3, 0.4) is 0 Å². The van der Waals surface area contributed by atoms with Gasteiger partial charge in [-0.2, -0.15) is 5.10 Å². The summed E-state index contributed by atoms with van der Waals surface area (Å²) in [4.78, 5) is 4.66. The van der Waals surface area contributed by atoms with Crippen molar-refractivity contribution in [1.29, 1.82) is 0 Å². The monoisotopic (exact) mass is 385 g/mol. The number of ether oxygens (including phenoxy) is 1. The van der Waals surface area contributed by atoms with E-state index in [1.54, 1.807) is 7.11 Å². The summed E-state index contributed by atoms with van der Waals surface area (Å²) >= 11 is 6.08. The van der Waals surface area contributed by atoms with Gasteiger partial charge in [0.15, 0.2) is 0 Å². The lowest BCUT2D eigenvalue weighted by Gasteiger charge is -2.07. The van der Waals surface area contributed by atoms with Gasteiger partial charge in [-0.3, -0.25) is 4.98 Å². The lowest BCUT2D eigenvalue weighted by molar-refractivity contribution is 0.415. The summed E-state index contributed by atoms with van der Waals surface area (Å²) in [5.41, 5.74) is 4.75. The van der Waals surface area contributed by atoms with E-state index in [1.807, 2.05) is 83.7 Å². The van der Waals surface area contributed by atoms with Gasteiger partial charge >= 0.3 is 0 Å². The van der Waals surface area contributed by atoms with Gasteiger partial charge in [-0.05, 0) is 42.5 Å². The van der Waals surface area contributed by atoms with E-state index in [2.05, 4.69) is 4.98 Å². The fourth-order valence-corrected chi connectivity index (χ4v) is 3.59. The number of nitrogens with zero attached hydrogens (tertiary/aromatic N) is 3. The highest BCUT2D eigenvalue weighted by molar-refractivity contribution is 6.30. The maximum Gasteiger partial charge on any atom is 0.119 e. The van der Waals surface area contributed by atoms with Crippen molar-refractivity contribution in [3.05, 3.63) is 84.0 Å². The molecule has 0 amide bonds. The van der Waals surface area contributed by atoms with Crippen molar-refractivity contribution in [3.63, 3.8) is 0 Å². The Morgan fingerprint density at radius 1 is 0.893 bits per heavy atom. The molecule has 0 bridgehead atoms. The van der Waals surface area contributed by atoms with E-state index in [-0.39, 0.29) is 0 Å². The van der Waals surface area contributed by atoms with E-state index in [0.29, 0.717) is 5.02 Å². The molecule has 0 radical (unpaired) electrons. The van der Waals surface area contributed by atoms with E-state index in [9.17, 15) is 0 Å². The van der Waals surface area contributed by atoms with Gasteiger partial charge in [0.05, 0.1) is 23.8 Å². The number of para-hydroxylation sites is 1. The van der Waals surface area contributed by atoms with Gasteiger partial charge in [-0.25, -0.2) is 4.68 Å². The van der Waals surface area contributed by atoms with Gasteiger partial charge in [0.1, 0.15) is 11.4 Å². The van der Waals surface area contributed by atoms with Crippen molar-refractivity contribution in [1.82, 2.24) is 14.8 Å². The second-order valence-electron chi connectivity index (χ2n) is 6.51. The molecule has 0 spiro atoms.